The molecule has 16 heavy (non-hydrogen) atoms. The minimum atomic E-state index is -0.891. The summed E-state index contributed by atoms with van der Waals surface area (Å²) in [6.07, 6.45) is 0. The van der Waals surface area contributed by atoms with E-state index in [0.717, 1.165) is 0 Å². The molecule has 3 aliphatic rings. The van der Waals surface area contributed by atoms with Gasteiger partial charge in [-0.2, -0.15) is 0 Å². The van der Waals surface area contributed by atoms with E-state index in [9.17, 15) is 4.79 Å². The Bertz CT molecular complexity index is 262. The van der Waals surface area contributed by atoms with Gasteiger partial charge in [-0.1, -0.05) is 13.8 Å². The van der Waals surface area contributed by atoms with Crippen LogP contribution >= 0.6 is 0 Å². The van der Waals surface area contributed by atoms with E-state index in [-0.39, 0.29) is 23.9 Å². The lowest BCUT2D eigenvalue weighted by Crippen LogP contribution is -2.63. The van der Waals surface area contributed by atoms with E-state index in [2.05, 4.69) is 0 Å². The molecule has 2 bridgehead atoms. The van der Waals surface area contributed by atoms with Crippen LogP contribution in [0, 0.1) is 11.3 Å². The standard InChI is InChI=1S/C11H18O5/c1-8(2)11-14-5-10(6-15-11,7-16-11)4-13-9(3)12/h8H,4-7H2,1-3H3. The van der Waals surface area contributed by atoms with Gasteiger partial charge in [-0.25, -0.2) is 0 Å². The van der Waals surface area contributed by atoms with Crippen molar-refractivity contribution in [2.24, 2.45) is 11.3 Å². The Kier molecular flexibility index (Phi) is 2.94. The Morgan fingerprint density at radius 3 is 2.12 bits per heavy atom. The van der Waals surface area contributed by atoms with Crippen molar-refractivity contribution in [3.8, 4) is 0 Å². The van der Waals surface area contributed by atoms with E-state index in [1.54, 1.807) is 0 Å². The molecule has 0 amide bonds. The monoisotopic (exact) mass is 230 g/mol. The fraction of sp³-hybridized carbons (Fsp3) is 0.909. The van der Waals surface area contributed by atoms with Crippen LogP contribution in [0.4, 0.5) is 0 Å². The van der Waals surface area contributed by atoms with Crippen molar-refractivity contribution in [3.63, 3.8) is 0 Å². The maximum atomic E-state index is 10.8. The largest absolute Gasteiger partial charge is 0.465 e. The van der Waals surface area contributed by atoms with Crippen molar-refractivity contribution in [2.75, 3.05) is 26.4 Å². The van der Waals surface area contributed by atoms with Gasteiger partial charge in [0.05, 0.1) is 25.2 Å². The number of carbonyl (C=O) groups excluding carboxylic acids is 1. The number of hydrogen-bond donors (Lipinski definition) is 0. The van der Waals surface area contributed by atoms with Gasteiger partial charge in [-0.05, 0) is 0 Å². The topological polar surface area (TPSA) is 54.0 Å². The maximum absolute atomic E-state index is 10.8. The Morgan fingerprint density at radius 2 is 1.75 bits per heavy atom. The Balaban J connectivity index is 1.97. The lowest BCUT2D eigenvalue weighted by molar-refractivity contribution is -0.484. The summed E-state index contributed by atoms with van der Waals surface area (Å²) in [4.78, 5) is 10.8. The Hall–Kier alpha value is -0.650. The highest BCUT2D eigenvalue weighted by molar-refractivity contribution is 5.65. The van der Waals surface area contributed by atoms with Crippen LogP contribution in [0.25, 0.3) is 0 Å². The molecule has 0 atom stereocenters. The molecule has 0 spiro atoms. The molecule has 0 aromatic rings. The summed E-state index contributed by atoms with van der Waals surface area (Å²) in [5.74, 6) is -1.04. The van der Waals surface area contributed by atoms with Crippen LogP contribution in [0.3, 0.4) is 0 Å². The second kappa shape index (κ2) is 3.98. The highest BCUT2D eigenvalue weighted by atomic mass is 16.9. The molecule has 0 aromatic carbocycles. The van der Waals surface area contributed by atoms with Gasteiger partial charge in [-0.15, -0.1) is 0 Å². The van der Waals surface area contributed by atoms with E-state index in [1.165, 1.54) is 6.92 Å². The van der Waals surface area contributed by atoms with Gasteiger partial charge in [0.2, 0.25) is 0 Å². The second-order valence-electron chi connectivity index (χ2n) is 4.90. The molecular formula is C11H18O5. The van der Waals surface area contributed by atoms with Crippen LogP contribution in [-0.4, -0.2) is 38.4 Å². The highest BCUT2D eigenvalue weighted by Crippen LogP contribution is 2.42. The summed E-state index contributed by atoms with van der Waals surface area (Å²) >= 11 is 0. The van der Waals surface area contributed by atoms with Crippen LogP contribution in [0.2, 0.25) is 0 Å². The van der Waals surface area contributed by atoms with Gasteiger partial charge in [0.1, 0.15) is 6.61 Å². The minimum absolute atomic E-state index is 0.138. The molecule has 5 heteroatoms. The predicted octanol–water partition coefficient (Wildman–Crippen LogP) is 0.923. The smallest absolute Gasteiger partial charge is 0.302 e. The fourth-order valence-corrected chi connectivity index (χ4v) is 1.89. The third kappa shape index (κ3) is 1.95. The molecule has 0 saturated carbocycles. The van der Waals surface area contributed by atoms with Gasteiger partial charge in [-0.3, -0.25) is 4.79 Å². The molecular weight excluding hydrogens is 212 g/mol. The average molecular weight is 230 g/mol. The summed E-state index contributed by atoms with van der Waals surface area (Å²) < 4.78 is 21.9. The molecule has 5 nitrogen and oxygen atoms in total. The summed E-state index contributed by atoms with van der Waals surface area (Å²) in [6, 6.07) is 0. The quantitative estimate of drug-likeness (QED) is 0.675. The summed E-state index contributed by atoms with van der Waals surface area (Å²) in [6.45, 7) is 7.20. The molecule has 3 heterocycles. The number of carbonyl (C=O) groups is 1. The first-order chi connectivity index (χ1) is 7.48. The summed E-state index contributed by atoms with van der Waals surface area (Å²) in [7, 11) is 0. The van der Waals surface area contributed by atoms with Gasteiger partial charge in [0, 0.05) is 12.8 Å². The third-order valence-corrected chi connectivity index (χ3v) is 3.03. The molecule has 92 valence electrons. The SMILES string of the molecule is CC(=O)OCC12COC(C(C)C)(OC1)OC2. The van der Waals surface area contributed by atoms with Crippen LogP contribution in [-0.2, 0) is 23.7 Å². The Labute approximate surface area is 95.0 Å². The van der Waals surface area contributed by atoms with Crippen molar-refractivity contribution in [3.05, 3.63) is 0 Å². The molecule has 0 aromatic heterocycles. The van der Waals surface area contributed by atoms with Gasteiger partial charge in [0.25, 0.3) is 5.97 Å². The number of rotatable bonds is 3. The number of esters is 1. The van der Waals surface area contributed by atoms with E-state index in [0.29, 0.717) is 19.8 Å². The van der Waals surface area contributed by atoms with E-state index in [1.807, 2.05) is 13.8 Å². The van der Waals surface area contributed by atoms with E-state index >= 15 is 0 Å². The zero-order valence-electron chi connectivity index (χ0n) is 9.95. The Morgan fingerprint density at radius 1 is 1.25 bits per heavy atom. The van der Waals surface area contributed by atoms with Crippen LogP contribution in [0.1, 0.15) is 20.8 Å². The molecule has 3 aliphatic heterocycles. The molecule has 0 unspecified atom stereocenters. The highest BCUT2D eigenvalue weighted by Gasteiger charge is 2.54. The van der Waals surface area contributed by atoms with Gasteiger partial charge < -0.3 is 18.9 Å². The minimum Gasteiger partial charge on any atom is -0.465 e. The molecule has 0 N–H and O–H groups in total. The molecule has 0 radical (unpaired) electrons. The molecule has 0 aliphatic carbocycles. The number of fused-ring (bicyclic) bond motifs is 3. The second-order valence-corrected chi connectivity index (χ2v) is 4.90. The van der Waals surface area contributed by atoms with Crippen molar-refractivity contribution in [1.29, 1.82) is 0 Å². The zero-order valence-corrected chi connectivity index (χ0v) is 9.95. The molecule has 3 fully saturated rings. The van der Waals surface area contributed by atoms with Gasteiger partial charge in [0.15, 0.2) is 0 Å². The summed E-state index contributed by atoms with van der Waals surface area (Å²) in [5, 5.41) is 0. The number of ether oxygens (including phenoxy) is 4. The van der Waals surface area contributed by atoms with E-state index in [4.69, 9.17) is 18.9 Å². The van der Waals surface area contributed by atoms with Gasteiger partial charge >= 0.3 is 5.97 Å². The van der Waals surface area contributed by atoms with Crippen LogP contribution < -0.4 is 0 Å². The van der Waals surface area contributed by atoms with Crippen LogP contribution in [0.15, 0.2) is 0 Å². The first kappa shape index (κ1) is 11.8. The zero-order chi connectivity index (χ0) is 11.8. The van der Waals surface area contributed by atoms with Crippen molar-refractivity contribution in [1.82, 2.24) is 0 Å². The molecule has 3 saturated heterocycles. The van der Waals surface area contributed by atoms with E-state index < -0.39 is 5.97 Å². The normalized spacial score (nSPS) is 37.8. The van der Waals surface area contributed by atoms with Crippen molar-refractivity contribution in [2.45, 2.75) is 26.7 Å². The predicted molar refractivity (Wildman–Crippen MR) is 54.5 cm³/mol. The lowest BCUT2D eigenvalue weighted by Gasteiger charge is -2.52. The summed E-state index contributed by atoms with van der Waals surface area (Å²) in [5.41, 5.74) is -0.331. The maximum Gasteiger partial charge on any atom is 0.302 e. The average Bonchev–Trinajstić information content (AvgIpc) is 2.29. The third-order valence-electron chi connectivity index (χ3n) is 3.03. The first-order valence-electron chi connectivity index (χ1n) is 5.53. The number of hydrogen-bond acceptors (Lipinski definition) is 5. The van der Waals surface area contributed by atoms with Crippen molar-refractivity contribution >= 4 is 5.97 Å². The van der Waals surface area contributed by atoms with Crippen LogP contribution in [0.5, 0.6) is 0 Å². The van der Waals surface area contributed by atoms with Crippen molar-refractivity contribution < 1.29 is 23.7 Å². The fourth-order valence-electron chi connectivity index (χ4n) is 1.89. The molecule has 3 rings (SSSR count). The first-order valence-corrected chi connectivity index (χ1v) is 5.53. The lowest BCUT2D eigenvalue weighted by atomic mass is 9.89.